The van der Waals surface area contributed by atoms with E-state index in [0.717, 1.165) is 0 Å². The molecule has 0 spiro atoms. The number of sulfonamides is 1. The number of hydrogen-bond acceptors (Lipinski definition) is 5. The topological polar surface area (TPSA) is 105 Å². The second kappa shape index (κ2) is 9.74. The second-order valence-corrected chi connectivity index (χ2v) is 10.9. The van der Waals surface area contributed by atoms with Gasteiger partial charge >= 0.3 is 6.03 Å². The van der Waals surface area contributed by atoms with Crippen molar-refractivity contribution in [3.63, 3.8) is 0 Å². The average molecular weight is 470 g/mol. The van der Waals surface area contributed by atoms with E-state index in [1.165, 1.54) is 11.0 Å². The fourth-order valence-corrected chi connectivity index (χ4v) is 5.34. The number of nitrogens with zero attached hydrogens (tertiary/aromatic N) is 1. The minimum atomic E-state index is -3.53. The molecule has 3 rings (SSSR count). The average Bonchev–Trinajstić information content (AvgIpc) is 3.43. The summed E-state index contributed by atoms with van der Waals surface area (Å²) >= 11 is 0. The maximum absolute atomic E-state index is 14.1. The van der Waals surface area contributed by atoms with Crippen molar-refractivity contribution in [2.75, 3.05) is 18.9 Å². The van der Waals surface area contributed by atoms with Gasteiger partial charge in [-0.15, -0.1) is 0 Å². The molecule has 1 saturated carbocycles. The van der Waals surface area contributed by atoms with Crippen LogP contribution in [0, 0.1) is 11.7 Å². The third-order valence-electron chi connectivity index (χ3n) is 5.81. The van der Waals surface area contributed by atoms with Gasteiger partial charge in [0.05, 0.1) is 17.9 Å². The molecule has 1 heterocycles. The minimum absolute atomic E-state index is 0.0344. The summed E-state index contributed by atoms with van der Waals surface area (Å²) < 4.78 is 47.7. The standard InChI is InChI=1S/C22H32FN3O5S/c1-15(2)14-31-19-13-17(7-8-18(19)23)22(9-10-22)25-32(29,30)12-6-4-5-11-26-16(3)20(27)24-21(26)28/h7-8,13,15-16,25H,4-6,9-12,14H2,1-3H3,(H,24,27,28). The highest BCUT2D eigenvalue weighted by Crippen LogP contribution is 2.47. The Morgan fingerprint density at radius 3 is 2.56 bits per heavy atom. The van der Waals surface area contributed by atoms with Crippen molar-refractivity contribution in [1.29, 1.82) is 0 Å². The van der Waals surface area contributed by atoms with E-state index in [1.807, 2.05) is 13.8 Å². The van der Waals surface area contributed by atoms with Gasteiger partial charge in [-0.25, -0.2) is 22.3 Å². The molecule has 2 N–H and O–H groups in total. The smallest absolute Gasteiger partial charge is 0.324 e. The van der Waals surface area contributed by atoms with Gasteiger partial charge in [-0.3, -0.25) is 10.1 Å². The molecule has 0 aromatic heterocycles. The summed E-state index contributed by atoms with van der Waals surface area (Å²) in [5.74, 6) is -0.422. The van der Waals surface area contributed by atoms with Gasteiger partial charge in [0, 0.05) is 6.54 Å². The zero-order chi connectivity index (χ0) is 23.5. The number of hydrogen-bond donors (Lipinski definition) is 2. The van der Waals surface area contributed by atoms with Gasteiger partial charge in [0.15, 0.2) is 11.6 Å². The fourth-order valence-electron chi connectivity index (χ4n) is 3.74. The van der Waals surface area contributed by atoms with Crippen LogP contribution in [-0.4, -0.2) is 50.2 Å². The van der Waals surface area contributed by atoms with Crippen LogP contribution in [-0.2, 0) is 20.4 Å². The molecule has 1 aliphatic carbocycles. The summed E-state index contributed by atoms with van der Waals surface area (Å²) in [5.41, 5.74) is 0.00580. The Balaban J connectivity index is 1.50. The number of halogens is 1. The first-order valence-electron chi connectivity index (χ1n) is 11.1. The molecule has 1 unspecified atom stereocenters. The first-order chi connectivity index (χ1) is 15.0. The van der Waals surface area contributed by atoms with Gasteiger partial charge in [0.25, 0.3) is 5.91 Å². The molecule has 1 saturated heterocycles. The highest BCUT2D eigenvalue weighted by Gasteiger charge is 2.47. The summed E-state index contributed by atoms with van der Waals surface area (Å²) in [7, 11) is -3.53. The maximum Gasteiger partial charge on any atom is 0.324 e. The van der Waals surface area contributed by atoms with E-state index < -0.39 is 33.5 Å². The Bertz CT molecular complexity index is 962. The molecule has 8 nitrogen and oxygen atoms in total. The highest BCUT2D eigenvalue weighted by molar-refractivity contribution is 7.89. The van der Waals surface area contributed by atoms with Crippen molar-refractivity contribution < 1.29 is 27.1 Å². The van der Waals surface area contributed by atoms with Crippen molar-refractivity contribution in [3.05, 3.63) is 29.6 Å². The monoisotopic (exact) mass is 469 g/mol. The molecule has 2 fully saturated rings. The summed E-state index contributed by atoms with van der Waals surface area (Å²) in [4.78, 5) is 24.6. The molecule has 3 amide bonds. The first-order valence-corrected chi connectivity index (χ1v) is 12.7. The van der Waals surface area contributed by atoms with Crippen LogP contribution < -0.4 is 14.8 Å². The minimum Gasteiger partial charge on any atom is -0.490 e. The summed E-state index contributed by atoms with van der Waals surface area (Å²) in [6.45, 7) is 6.39. The molecule has 1 atom stereocenters. The van der Waals surface area contributed by atoms with E-state index in [0.29, 0.717) is 50.8 Å². The molecule has 32 heavy (non-hydrogen) atoms. The highest BCUT2D eigenvalue weighted by atomic mass is 32.2. The van der Waals surface area contributed by atoms with Crippen LogP contribution in [0.15, 0.2) is 18.2 Å². The molecule has 178 valence electrons. The van der Waals surface area contributed by atoms with Crippen LogP contribution in [0.4, 0.5) is 9.18 Å². The van der Waals surface area contributed by atoms with Gasteiger partial charge in [-0.05, 0) is 56.2 Å². The quantitative estimate of drug-likeness (QED) is 0.362. The van der Waals surface area contributed by atoms with Crippen LogP contribution >= 0.6 is 0 Å². The lowest BCUT2D eigenvalue weighted by molar-refractivity contribution is -0.121. The molecule has 10 heteroatoms. The van der Waals surface area contributed by atoms with Crippen LogP contribution in [0.3, 0.4) is 0 Å². The molecule has 1 aliphatic heterocycles. The summed E-state index contributed by atoms with van der Waals surface area (Å²) in [6, 6.07) is 3.63. The zero-order valence-corrected chi connectivity index (χ0v) is 19.6. The van der Waals surface area contributed by atoms with Gasteiger partial charge in [0.1, 0.15) is 6.04 Å². The Kier molecular flexibility index (Phi) is 7.44. The van der Waals surface area contributed by atoms with Crippen molar-refractivity contribution in [2.24, 2.45) is 5.92 Å². The van der Waals surface area contributed by atoms with Crippen molar-refractivity contribution in [3.8, 4) is 5.75 Å². The number of urea groups is 1. The second-order valence-electron chi connectivity index (χ2n) is 9.08. The SMILES string of the molecule is CC(C)COc1cc(C2(NS(=O)(=O)CCCCCN3C(=O)NC(=O)C3C)CC2)ccc1F. The van der Waals surface area contributed by atoms with E-state index in [9.17, 15) is 22.4 Å². The van der Waals surface area contributed by atoms with Crippen LogP contribution in [0.1, 0.15) is 58.4 Å². The predicted octanol–water partition coefficient (Wildman–Crippen LogP) is 2.88. The zero-order valence-electron chi connectivity index (χ0n) is 18.8. The molecule has 2 aliphatic rings. The number of rotatable bonds is 12. The lowest BCUT2D eigenvalue weighted by Gasteiger charge is -2.20. The number of unbranched alkanes of at least 4 members (excludes halogenated alkanes) is 2. The van der Waals surface area contributed by atoms with Crippen molar-refractivity contribution in [1.82, 2.24) is 14.9 Å². The summed E-state index contributed by atoms with van der Waals surface area (Å²) in [6.07, 6.45) is 2.97. The maximum atomic E-state index is 14.1. The Labute approximate surface area is 188 Å². The van der Waals surface area contributed by atoms with Crippen LogP contribution in [0.5, 0.6) is 5.75 Å². The lowest BCUT2D eigenvalue weighted by Crippen LogP contribution is -2.36. The van der Waals surface area contributed by atoms with E-state index in [1.54, 1.807) is 19.1 Å². The molecular weight excluding hydrogens is 437 g/mol. The van der Waals surface area contributed by atoms with Crippen LogP contribution in [0.2, 0.25) is 0 Å². The van der Waals surface area contributed by atoms with E-state index in [4.69, 9.17) is 4.74 Å². The van der Waals surface area contributed by atoms with Gasteiger partial charge in [-0.2, -0.15) is 0 Å². The molecule has 1 aromatic rings. The Morgan fingerprint density at radius 2 is 1.97 bits per heavy atom. The van der Waals surface area contributed by atoms with Crippen molar-refractivity contribution >= 4 is 22.0 Å². The number of nitrogens with one attached hydrogen (secondary N) is 2. The molecular formula is C22H32FN3O5S. The largest absolute Gasteiger partial charge is 0.490 e. The van der Waals surface area contributed by atoms with E-state index in [2.05, 4.69) is 10.0 Å². The Morgan fingerprint density at radius 1 is 1.25 bits per heavy atom. The van der Waals surface area contributed by atoms with E-state index >= 15 is 0 Å². The number of benzene rings is 1. The Hall–Kier alpha value is -2.20. The summed E-state index contributed by atoms with van der Waals surface area (Å²) in [5, 5.41) is 2.26. The van der Waals surface area contributed by atoms with Crippen LogP contribution in [0.25, 0.3) is 0 Å². The van der Waals surface area contributed by atoms with E-state index in [-0.39, 0.29) is 23.3 Å². The number of carbonyl (C=O) groups excluding carboxylic acids is 2. The van der Waals surface area contributed by atoms with Crippen molar-refractivity contribution in [2.45, 2.75) is 64.5 Å². The normalized spacial score (nSPS) is 20.0. The molecule has 1 aromatic carbocycles. The number of carbonyl (C=O) groups is 2. The van der Waals surface area contributed by atoms with Gasteiger partial charge < -0.3 is 9.64 Å². The number of imide groups is 1. The van der Waals surface area contributed by atoms with Gasteiger partial charge in [0.2, 0.25) is 10.0 Å². The fraction of sp³-hybridized carbons (Fsp3) is 0.636. The third-order valence-corrected chi connectivity index (χ3v) is 7.33. The third kappa shape index (κ3) is 5.98. The number of ether oxygens (including phenoxy) is 1. The number of amides is 3. The first kappa shape index (κ1) is 24.4. The lowest BCUT2D eigenvalue weighted by atomic mass is 10.1. The molecule has 0 radical (unpaired) electrons. The van der Waals surface area contributed by atoms with Gasteiger partial charge in [-0.1, -0.05) is 26.3 Å². The predicted molar refractivity (Wildman–Crippen MR) is 118 cm³/mol. The molecule has 0 bridgehead atoms.